The first-order valence-electron chi connectivity index (χ1n) is 4.94. The van der Waals surface area contributed by atoms with Crippen molar-refractivity contribution >= 4 is 0 Å². The van der Waals surface area contributed by atoms with Crippen LogP contribution in [0, 0.1) is 0 Å². The number of ether oxygens (including phenoxy) is 2. The first-order valence-corrected chi connectivity index (χ1v) is 4.94. The van der Waals surface area contributed by atoms with Gasteiger partial charge in [-0.1, -0.05) is 5.11 Å². The minimum Gasteiger partial charge on any atom is -0.376 e. The van der Waals surface area contributed by atoms with Crippen LogP contribution in [-0.4, -0.2) is 31.0 Å². The minimum absolute atomic E-state index is 0.0752. The van der Waals surface area contributed by atoms with Gasteiger partial charge in [-0.15, -0.1) is 0 Å². The van der Waals surface area contributed by atoms with Crippen molar-refractivity contribution in [2.24, 2.45) is 5.11 Å². The third kappa shape index (κ3) is 3.18. The molecule has 5 nitrogen and oxygen atoms in total. The summed E-state index contributed by atoms with van der Waals surface area (Å²) in [4.78, 5) is 2.82. The van der Waals surface area contributed by atoms with E-state index in [4.69, 9.17) is 15.0 Å². The Kier molecular flexibility index (Phi) is 4.20. The molecule has 1 fully saturated rings. The van der Waals surface area contributed by atoms with Gasteiger partial charge >= 0.3 is 0 Å². The van der Waals surface area contributed by atoms with Crippen molar-refractivity contribution in [3.63, 3.8) is 0 Å². The molecule has 0 spiro atoms. The van der Waals surface area contributed by atoms with Gasteiger partial charge in [-0.25, -0.2) is 0 Å². The van der Waals surface area contributed by atoms with Crippen LogP contribution in [0.1, 0.15) is 27.2 Å². The van der Waals surface area contributed by atoms with Gasteiger partial charge in [-0.3, -0.25) is 0 Å². The molecule has 5 heteroatoms. The molecule has 0 radical (unpaired) electrons. The average molecular weight is 199 g/mol. The van der Waals surface area contributed by atoms with Crippen molar-refractivity contribution in [2.75, 3.05) is 6.61 Å². The lowest BCUT2D eigenvalue weighted by atomic mass is 10.1. The Balaban J connectivity index is 2.44. The molecule has 0 aromatic rings. The zero-order chi connectivity index (χ0) is 10.6. The molecule has 0 aromatic carbocycles. The van der Waals surface area contributed by atoms with Crippen molar-refractivity contribution in [1.82, 2.24) is 0 Å². The second-order valence-corrected chi connectivity index (χ2v) is 3.88. The molecule has 0 saturated carbocycles. The van der Waals surface area contributed by atoms with Crippen LogP contribution in [0.2, 0.25) is 0 Å². The summed E-state index contributed by atoms with van der Waals surface area (Å²) in [6, 6.07) is -0.0752. The van der Waals surface area contributed by atoms with E-state index in [2.05, 4.69) is 10.0 Å². The van der Waals surface area contributed by atoms with Gasteiger partial charge in [0.2, 0.25) is 0 Å². The number of azide groups is 1. The van der Waals surface area contributed by atoms with E-state index in [9.17, 15) is 0 Å². The van der Waals surface area contributed by atoms with Crippen LogP contribution in [0.5, 0.6) is 0 Å². The lowest BCUT2D eigenvalue weighted by molar-refractivity contribution is -0.0312. The van der Waals surface area contributed by atoms with Crippen LogP contribution < -0.4 is 0 Å². The molecule has 1 aliphatic heterocycles. The lowest BCUT2D eigenvalue weighted by Gasteiger charge is -2.16. The van der Waals surface area contributed by atoms with Crippen molar-refractivity contribution < 1.29 is 9.47 Å². The highest BCUT2D eigenvalue weighted by molar-refractivity contribution is 4.86. The first-order chi connectivity index (χ1) is 6.63. The Morgan fingerprint density at radius 3 is 2.93 bits per heavy atom. The SMILES string of the molecule is CC(C)OCC1OC(C)CC1N=[N+]=[N-]. The fourth-order valence-electron chi connectivity index (χ4n) is 1.56. The zero-order valence-electron chi connectivity index (χ0n) is 8.88. The van der Waals surface area contributed by atoms with Gasteiger partial charge in [0.05, 0.1) is 31.0 Å². The van der Waals surface area contributed by atoms with Crippen LogP contribution >= 0.6 is 0 Å². The quantitative estimate of drug-likeness (QED) is 0.396. The molecule has 3 unspecified atom stereocenters. The Morgan fingerprint density at radius 1 is 1.64 bits per heavy atom. The molecule has 1 rings (SSSR count). The zero-order valence-corrected chi connectivity index (χ0v) is 8.88. The van der Waals surface area contributed by atoms with E-state index in [-0.39, 0.29) is 24.4 Å². The van der Waals surface area contributed by atoms with Crippen LogP contribution in [0.15, 0.2) is 5.11 Å². The summed E-state index contributed by atoms with van der Waals surface area (Å²) in [5.41, 5.74) is 8.37. The van der Waals surface area contributed by atoms with E-state index in [1.807, 2.05) is 20.8 Å². The van der Waals surface area contributed by atoms with Gasteiger partial charge in [0, 0.05) is 4.91 Å². The Bertz CT molecular complexity index is 226. The predicted octanol–water partition coefficient (Wildman–Crippen LogP) is 2.27. The molecule has 0 N–H and O–H groups in total. The Labute approximate surface area is 84.0 Å². The molecule has 1 aliphatic rings. The largest absolute Gasteiger partial charge is 0.376 e. The fourth-order valence-corrected chi connectivity index (χ4v) is 1.56. The molecule has 14 heavy (non-hydrogen) atoms. The summed E-state index contributed by atoms with van der Waals surface area (Å²) in [5, 5.41) is 3.71. The fraction of sp³-hybridized carbons (Fsp3) is 1.00. The summed E-state index contributed by atoms with van der Waals surface area (Å²) in [6.07, 6.45) is 1.05. The Morgan fingerprint density at radius 2 is 2.36 bits per heavy atom. The van der Waals surface area contributed by atoms with E-state index in [1.54, 1.807) is 0 Å². The van der Waals surface area contributed by atoms with Gasteiger partial charge in [0.25, 0.3) is 0 Å². The van der Waals surface area contributed by atoms with Gasteiger partial charge in [-0.05, 0) is 32.7 Å². The monoisotopic (exact) mass is 199 g/mol. The molecule has 0 aromatic heterocycles. The molecule has 0 bridgehead atoms. The van der Waals surface area contributed by atoms with E-state index in [0.717, 1.165) is 6.42 Å². The van der Waals surface area contributed by atoms with E-state index >= 15 is 0 Å². The maximum absolute atomic E-state index is 8.37. The third-order valence-corrected chi connectivity index (χ3v) is 2.20. The summed E-state index contributed by atoms with van der Waals surface area (Å²) >= 11 is 0. The van der Waals surface area contributed by atoms with Crippen molar-refractivity contribution in [3.8, 4) is 0 Å². The highest BCUT2D eigenvalue weighted by atomic mass is 16.5. The van der Waals surface area contributed by atoms with Crippen molar-refractivity contribution in [3.05, 3.63) is 10.4 Å². The summed E-state index contributed by atoms with van der Waals surface area (Å²) in [6.45, 7) is 6.43. The van der Waals surface area contributed by atoms with Gasteiger partial charge in [0.15, 0.2) is 0 Å². The maximum atomic E-state index is 8.37. The Hall–Kier alpha value is -0.770. The maximum Gasteiger partial charge on any atom is 0.0897 e. The minimum atomic E-state index is -0.0803. The summed E-state index contributed by atoms with van der Waals surface area (Å²) in [7, 11) is 0. The number of rotatable bonds is 4. The van der Waals surface area contributed by atoms with Crippen LogP contribution in [-0.2, 0) is 9.47 Å². The lowest BCUT2D eigenvalue weighted by Crippen LogP contribution is -2.26. The highest BCUT2D eigenvalue weighted by Crippen LogP contribution is 2.23. The highest BCUT2D eigenvalue weighted by Gasteiger charge is 2.32. The molecule has 1 saturated heterocycles. The predicted molar refractivity (Wildman–Crippen MR) is 53.0 cm³/mol. The molecule has 0 aliphatic carbocycles. The van der Waals surface area contributed by atoms with Crippen molar-refractivity contribution in [2.45, 2.75) is 51.5 Å². The average Bonchev–Trinajstić information content (AvgIpc) is 2.44. The van der Waals surface area contributed by atoms with Gasteiger partial charge in [-0.2, -0.15) is 0 Å². The van der Waals surface area contributed by atoms with Crippen LogP contribution in [0.3, 0.4) is 0 Å². The summed E-state index contributed by atoms with van der Waals surface area (Å²) in [5.74, 6) is 0. The second kappa shape index (κ2) is 5.20. The topological polar surface area (TPSA) is 67.2 Å². The van der Waals surface area contributed by atoms with E-state index in [0.29, 0.717) is 6.61 Å². The third-order valence-electron chi connectivity index (χ3n) is 2.20. The smallest absolute Gasteiger partial charge is 0.0897 e. The van der Waals surface area contributed by atoms with Gasteiger partial charge < -0.3 is 9.47 Å². The number of hydrogen-bond donors (Lipinski definition) is 0. The van der Waals surface area contributed by atoms with E-state index < -0.39 is 0 Å². The molecular weight excluding hydrogens is 182 g/mol. The van der Waals surface area contributed by atoms with Crippen LogP contribution in [0.4, 0.5) is 0 Å². The molecular formula is C9H17N3O2. The standard InChI is InChI=1S/C9H17N3O2/c1-6(2)13-5-9-8(11-12-10)4-7(3)14-9/h6-9H,4-5H2,1-3H3. The molecule has 1 heterocycles. The first kappa shape index (κ1) is 11.3. The molecule has 0 amide bonds. The normalized spacial score (nSPS) is 31.9. The van der Waals surface area contributed by atoms with E-state index in [1.165, 1.54) is 0 Å². The molecule has 80 valence electrons. The summed E-state index contributed by atoms with van der Waals surface area (Å²) < 4.78 is 11.0. The molecule has 3 atom stereocenters. The van der Waals surface area contributed by atoms with Gasteiger partial charge in [0.1, 0.15) is 0 Å². The number of nitrogens with zero attached hydrogens (tertiary/aromatic N) is 3. The van der Waals surface area contributed by atoms with Crippen LogP contribution in [0.25, 0.3) is 10.4 Å². The van der Waals surface area contributed by atoms with Crippen molar-refractivity contribution in [1.29, 1.82) is 0 Å². The second-order valence-electron chi connectivity index (χ2n) is 3.88. The number of hydrogen-bond acceptors (Lipinski definition) is 3.